The maximum Gasteiger partial charge on any atom is 0.162 e. The van der Waals surface area contributed by atoms with Gasteiger partial charge in [0.15, 0.2) is 5.76 Å². The smallest absolute Gasteiger partial charge is 0.162 e. The van der Waals surface area contributed by atoms with Crippen molar-refractivity contribution in [3.63, 3.8) is 0 Å². The Labute approximate surface area is 90.0 Å². The van der Waals surface area contributed by atoms with Crippen molar-refractivity contribution in [3.05, 3.63) is 17.5 Å². The topological polar surface area (TPSA) is 47.3 Å². The molecule has 2 rings (SSSR count). The van der Waals surface area contributed by atoms with E-state index in [4.69, 9.17) is 9.26 Å². The van der Waals surface area contributed by atoms with Crippen molar-refractivity contribution < 1.29 is 9.26 Å². The molecular weight excluding hydrogens is 192 g/mol. The standard InChI is InChI=1S/C11H18N2O2/c1-8-3-11(15-13-8)7-14-10-4-9(5-10)6-12-2/h3,9-10,12H,4-7H2,1-2H3. The van der Waals surface area contributed by atoms with E-state index in [1.54, 1.807) is 0 Å². The van der Waals surface area contributed by atoms with Crippen LogP contribution in [0.1, 0.15) is 24.3 Å². The van der Waals surface area contributed by atoms with Crippen LogP contribution in [0.4, 0.5) is 0 Å². The summed E-state index contributed by atoms with van der Waals surface area (Å²) >= 11 is 0. The summed E-state index contributed by atoms with van der Waals surface area (Å²) in [6, 6.07) is 1.92. The normalized spacial score (nSPS) is 25.2. The summed E-state index contributed by atoms with van der Waals surface area (Å²) in [5, 5.41) is 7.00. The van der Waals surface area contributed by atoms with E-state index in [1.807, 2.05) is 20.0 Å². The van der Waals surface area contributed by atoms with Gasteiger partial charge in [-0.05, 0) is 39.3 Å². The molecule has 0 aliphatic heterocycles. The Morgan fingerprint density at radius 3 is 3.00 bits per heavy atom. The summed E-state index contributed by atoms with van der Waals surface area (Å²) < 4.78 is 10.8. The van der Waals surface area contributed by atoms with Gasteiger partial charge in [-0.2, -0.15) is 0 Å². The highest BCUT2D eigenvalue weighted by atomic mass is 16.5. The number of hydrogen-bond donors (Lipinski definition) is 1. The van der Waals surface area contributed by atoms with Gasteiger partial charge in [-0.25, -0.2) is 0 Å². The van der Waals surface area contributed by atoms with E-state index in [1.165, 1.54) is 0 Å². The van der Waals surface area contributed by atoms with Gasteiger partial charge in [-0.1, -0.05) is 5.16 Å². The number of rotatable bonds is 5. The Hall–Kier alpha value is -0.870. The number of nitrogens with zero attached hydrogens (tertiary/aromatic N) is 1. The van der Waals surface area contributed by atoms with Gasteiger partial charge in [-0.15, -0.1) is 0 Å². The quantitative estimate of drug-likeness (QED) is 0.800. The largest absolute Gasteiger partial charge is 0.370 e. The van der Waals surface area contributed by atoms with Crippen molar-refractivity contribution >= 4 is 0 Å². The van der Waals surface area contributed by atoms with E-state index in [-0.39, 0.29) is 0 Å². The molecule has 0 radical (unpaired) electrons. The third-order valence-electron chi connectivity index (χ3n) is 2.82. The summed E-state index contributed by atoms with van der Waals surface area (Å²) in [6.07, 6.45) is 2.73. The number of nitrogens with one attached hydrogen (secondary N) is 1. The first kappa shape index (κ1) is 10.6. The van der Waals surface area contributed by atoms with Gasteiger partial charge in [0, 0.05) is 6.07 Å². The van der Waals surface area contributed by atoms with Crippen molar-refractivity contribution in [2.24, 2.45) is 5.92 Å². The molecule has 0 spiro atoms. The zero-order valence-electron chi connectivity index (χ0n) is 9.32. The van der Waals surface area contributed by atoms with Crippen molar-refractivity contribution in [3.8, 4) is 0 Å². The fourth-order valence-electron chi connectivity index (χ4n) is 1.95. The van der Waals surface area contributed by atoms with Gasteiger partial charge in [-0.3, -0.25) is 0 Å². The van der Waals surface area contributed by atoms with Gasteiger partial charge < -0.3 is 14.6 Å². The van der Waals surface area contributed by atoms with Gasteiger partial charge in [0.05, 0.1) is 11.8 Å². The molecule has 1 aromatic heterocycles. The minimum atomic E-state index is 0.411. The maximum absolute atomic E-state index is 5.69. The van der Waals surface area contributed by atoms with Crippen molar-refractivity contribution in [2.45, 2.75) is 32.5 Å². The van der Waals surface area contributed by atoms with Crippen molar-refractivity contribution in [2.75, 3.05) is 13.6 Å². The lowest BCUT2D eigenvalue weighted by molar-refractivity contribution is -0.0459. The molecular formula is C11H18N2O2. The van der Waals surface area contributed by atoms with Crippen molar-refractivity contribution in [1.29, 1.82) is 0 Å². The van der Waals surface area contributed by atoms with Crippen LogP contribution in [-0.2, 0) is 11.3 Å². The highest BCUT2D eigenvalue weighted by Gasteiger charge is 2.29. The number of hydrogen-bond acceptors (Lipinski definition) is 4. The zero-order chi connectivity index (χ0) is 10.7. The molecule has 0 amide bonds. The van der Waals surface area contributed by atoms with E-state index in [9.17, 15) is 0 Å². The molecule has 1 aromatic rings. The molecule has 1 heterocycles. The molecule has 0 atom stereocenters. The van der Waals surface area contributed by atoms with Gasteiger partial charge in [0.25, 0.3) is 0 Å². The lowest BCUT2D eigenvalue weighted by atomic mass is 9.82. The van der Waals surface area contributed by atoms with Gasteiger partial charge in [0.2, 0.25) is 0 Å². The van der Waals surface area contributed by atoms with Crippen molar-refractivity contribution in [1.82, 2.24) is 10.5 Å². The molecule has 0 unspecified atom stereocenters. The summed E-state index contributed by atoms with van der Waals surface area (Å²) in [7, 11) is 1.99. The summed E-state index contributed by atoms with van der Waals surface area (Å²) in [5.74, 6) is 1.61. The van der Waals surface area contributed by atoms with E-state index >= 15 is 0 Å². The molecule has 15 heavy (non-hydrogen) atoms. The van der Waals surface area contributed by atoms with Crippen LogP contribution in [0.2, 0.25) is 0 Å². The number of aromatic nitrogens is 1. The van der Waals surface area contributed by atoms with Crippen LogP contribution in [0.15, 0.2) is 10.6 Å². The van der Waals surface area contributed by atoms with Crippen LogP contribution >= 0.6 is 0 Å². The van der Waals surface area contributed by atoms with Crippen LogP contribution in [0.25, 0.3) is 0 Å². The molecule has 84 valence electrons. The first-order valence-corrected chi connectivity index (χ1v) is 5.46. The van der Waals surface area contributed by atoms with Gasteiger partial charge >= 0.3 is 0 Å². The van der Waals surface area contributed by atoms with E-state index in [2.05, 4.69) is 10.5 Å². The highest BCUT2D eigenvalue weighted by molar-refractivity contribution is 5.01. The van der Waals surface area contributed by atoms with Crippen LogP contribution in [0, 0.1) is 12.8 Å². The zero-order valence-corrected chi connectivity index (χ0v) is 9.32. The Kier molecular flexibility index (Phi) is 3.38. The molecule has 0 bridgehead atoms. The summed E-state index contributed by atoms with van der Waals surface area (Å²) in [4.78, 5) is 0. The second-order valence-corrected chi connectivity index (χ2v) is 4.26. The van der Waals surface area contributed by atoms with Crippen LogP contribution < -0.4 is 5.32 Å². The minimum absolute atomic E-state index is 0.411. The second kappa shape index (κ2) is 4.77. The molecule has 1 N–H and O–H groups in total. The predicted octanol–water partition coefficient (Wildman–Crippen LogP) is 1.50. The maximum atomic E-state index is 5.69. The summed E-state index contributed by atoms with van der Waals surface area (Å²) in [5.41, 5.74) is 0.912. The Morgan fingerprint density at radius 2 is 2.40 bits per heavy atom. The molecule has 1 saturated carbocycles. The van der Waals surface area contributed by atoms with Crippen LogP contribution in [0.3, 0.4) is 0 Å². The average molecular weight is 210 g/mol. The monoisotopic (exact) mass is 210 g/mol. The van der Waals surface area contributed by atoms with Crippen LogP contribution in [-0.4, -0.2) is 24.9 Å². The van der Waals surface area contributed by atoms with E-state index in [0.29, 0.717) is 12.7 Å². The third-order valence-corrected chi connectivity index (χ3v) is 2.82. The fourth-order valence-corrected chi connectivity index (χ4v) is 1.95. The predicted molar refractivity (Wildman–Crippen MR) is 56.5 cm³/mol. The molecule has 0 aromatic carbocycles. The lowest BCUT2D eigenvalue weighted by Crippen LogP contribution is -2.36. The molecule has 1 aliphatic rings. The molecule has 0 saturated heterocycles. The Bertz CT molecular complexity index is 305. The Balaban J connectivity index is 1.64. The van der Waals surface area contributed by atoms with Gasteiger partial charge in [0.1, 0.15) is 6.61 Å². The first-order chi connectivity index (χ1) is 7.28. The molecule has 1 aliphatic carbocycles. The number of aryl methyl sites for hydroxylation is 1. The third kappa shape index (κ3) is 2.79. The SMILES string of the molecule is CNCC1CC(OCc2cc(C)no2)C1. The second-order valence-electron chi connectivity index (χ2n) is 4.26. The Morgan fingerprint density at radius 1 is 1.60 bits per heavy atom. The summed E-state index contributed by atoms with van der Waals surface area (Å²) in [6.45, 7) is 3.57. The molecule has 1 fully saturated rings. The average Bonchev–Trinajstić information content (AvgIpc) is 2.55. The molecule has 4 heteroatoms. The highest BCUT2D eigenvalue weighted by Crippen LogP contribution is 2.30. The van der Waals surface area contributed by atoms with E-state index in [0.717, 1.165) is 36.8 Å². The minimum Gasteiger partial charge on any atom is -0.370 e. The molecule has 4 nitrogen and oxygen atoms in total. The first-order valence-electron chi connectivity index (χ1n) is 5.46. The van der Waals surface area contributed by atoms with E-state index < -0.39 is 0 Å². The fraction of sp³-hybridized carbons (Fsp3) is 0.727. The van der Waals surface area contributed by atoms with Crippen LogP contribution in [0.5, 0.6) is 0 Å². The lowest BCUT2D eigenvalue weighted by Gasteiger charge is -2.34. The number of ether oxygens (including phenoxy) is 1.